The standard InChI is InChI=1S/C47H29N3OS/c1-2-11-28(12-3-1)38-25-31(26-39-32-14-5-4-13-29(32)21-23-33(38)39)46-48-45(30-22-24-35-34-15-7-9-20-42(34)52-43(35)27-30)49-47(50-46)37-17-10-19-41-44(37)36-16-6-8-18-40(36)51-41/h1-27,46H,(H,48,49,50). The second-order valence-corrected chi connectivity index (χ2v) is 14.4. The number of para-hydroxylation sites is 1. The van der Waals surface area contributed by atoms with Gasteiger partial charge in [-0.15, -0.1) is 11.3 Å². The van der Waals surface area contributed by atoms with Crippen LogP contribution in [-0.4, -0.2) is 11.7 Å². The molecule has 8 aromatic carbocycles. The molecule has 244 valence electrons. The Bertz CT molecular complexity index is 3120. The molecule has 0 bridgehead atoms. The molecule has 0 amide bonds. The topological polar surface area (TPSA) is 49.9 Å². The normalized spacial score (nSPS) is 14.7. The van der Waals surface area contributed by atoms with Gasteiger partial charge in [0, 0.05) is 42.1 Å². The third-order valence-corrected chi connectivity index (χ3v) is 11.4. The van der Waals surface area contributed by atoms with Gasteiger partial charge < -0.3 is 9.73 Å². The summed E-state index contributed by atoms with van der Waals surface area (Å²) in [5, 5.41) is 13.2. The molecule has 1 N–H and O–H groups in total. The molecule has 0 aliphatic carbocycles. The van der Waals surface area contributed by atoms with Gasteiger partial charge in [-0.1, -0.05) is 127 Å². The van der Waals surface area contributed by atoms with E-state index < -0.39 is 6.17 Å². The molecule has 0 fully saturated rings. The molecule has 3 heterocycles. The molecule has 1 aliphatic rings. The SMILES string of the molecule is c1ccc(-c2cc(C3N=C(c4ccc5c(c4)sc4ccccc45)NC(c4cccc5oc6ccccc6c45)=N3)cc3c2ccc2ccccc23)cc1. The molecule has 0 saturated carbocycles. The lowest BCUT2D eigenvalue weighted by Crippen LogP contribution is -2.36. The van der Waals surface area contributed by atoms with E-state index in [0.717, 1.165) is 55.9 Å². The molecule has 4 nitrogen and oxygen atoms in total. The summed E-state index contributed by atoms with van der Waals surface area (Å²) in [6.07, 6.45) is -0.497. The predicted octanol–water partition coefficient (Wildman–Crippen LogP) is 12.4. The van der Waals surface area contributed by atoms with Gasteiger partial charge in [-0.2, -0.15) is 0 Å². The van der Waals surface area contributed by atoms with Crippen molar-refractivity contribution in [3.63, 3.8) is 0 Å². The average Bonchev–Trinajstić information content (AvgIpc) is 3.78. The van der Waals surface area contributed by atoms with Crippen LogP contribution in [0, 0.1) is 0 Å². The van der Waals surface area contributed by atoms with Crippen LogP contribution in [0.25, 0.3) is 74.8 Å². The molecule has 0 spiro atoms. The number of aliphatic imine (C=N–C) groups is 2. The lowest BCUT2D eigenvalue weighted by molar-refractivity contribution is 0.669. The highest BCUT2D eigenvalue weighted by molar-refractivity contribution is 7.25. The fraction of sp³-hybridized carbons (Fsp3) is 0.0213. The van der Waals surface area contributed by atoms with Gasteiger partial charge in [-0.25, -0.2) is 9.98 Å². The Hall–Kier alpha value is -6.56. The van der Waals surface area contributed by atoms with Gasteiger partial charge in [0.15, 0.2) is 6.17 Å². The molecule has 10 aromatic rings. The molecule has 1 unspecified atom stereocenters. The van der Waals surface area contributed by atoms with Crippen molar-refractivity contribution in [3.8, 4) is 11.1 Å². The number of thiophene rings is 1. The fourth-order valence-corrected chi connectivity index (χ4v) is 9.02. The van der Waals surface area contributed by atoms with E-state index in [9.17, 15) is 0 Å². The number of hydrogen-bond acceptors (Lipinski definition) is 5. The smallest absolute Gasteiger partial charge is 0.169 e. The van der Waals surface area contributed by atoms with Crippen LogP contribution in [0.5, 0.6) is 0 Å². The summed E-state index contributed by atoms with van der Waals surface area (Å²) in [5.41, 5.74) is 7.06. The summed E-state index contributed by atoms with van der Waals surface area (Å²) in [6, 6.07) is 58.0. The second kappa shape index (κ2) is 11.5. The predicted molar refractivity (Wildman–Crippen MR) is 219 cm³/mol. The van der Waals surface area contributed by atoms with E-state index >= 15 is 0 Å². The molecule has 11 rings (SSSR count). The Morgan fingerprint density at radius 1 is 0.462 bits per heavy atom. The number of nitrogens with zero attached hydrogens (tertiary/aromatic N) is 2. The van der Waals surface area contributed by atoms with E-state index in [2.05, 4.69) is 145 Å². The molecule has 5 heteroatoms. The lowest BCUT2D eigenvalue weighted by atomic mass is 9.91. The van der Waals surface area contributed by atoms with Gasteiger partial charge >= 0.3 is 0 Å². The summed E-state index contributed by atoms with van der Waals surface area (Å²) in [7, 11) is 0. The van der Waals surface area contributed by atoms with Crippen LogP contribution in [0.3, 0.4) is 0 Å². The van der Waals surface area contributed by atoms with Crippen LogP contribution in [0.15, 0.2) is 178 Å². The van der Waals surface area contributed by atoms with Crippen molar-refractivity contribution in [1.82, 2.24) is 5.32 Å². The highest BCUT2D eigenvalue weighted by atomic mass is 32.1. The van der Waals surface area contributed by atoms with Gasteiger partial charge in [0.1, 0.15) is 22.8 Å². The van der Waals surface area contributed by atoms with Crippen LogP contribution >= 0.6 is 11.3 Å². The number of benzene rings is 8. The zero-order chi connectivity index (χ0) is 34.2. The maximum Gasteiger partial charge on any atom is 0.169 e. The maximum atomic E-state index is 6.33. The third kappa shape index (κ3) is 4.60. The minimum atomic E-state index is -0.497. The summed E-state index contributed by atoms with van der Waals surface area (Å²) < 4.78 is 8.84. The largest absolute Gasteiger partial charge is 0.456 e. The molecular weight excluding hydrogens is 655 g/mol. The first-order valence-corrected chi connectivity index (χ1v) is 18.3. The summed E-state index contributed by atoms with van der Waals surface area (Å²) in [5.74, 6) is 1.56. The Morgan fingerprint density at radius 2 is 1.19 bits per heavy atom. The van der Waals surface area contributed by atoms with Crippen LogP contribution < -0.4 is 5.32 Å². The van der Waals surface area contributed by atoms with Crippen molar-refractivity contribution < 1.29 is 4.42 Å². The van der Waals surface area contributed by atoms with Crippen molar-refractivity contribution >= 4 is 86.7 Å². The number of hydrogen-bond donors (Lipinski definition) is 1. The summed E-state index contributed by atoms with van der Waals surface area (Å²) in [6.45, 7) is 0. The molecule has 0 saturated heterocycles. The fourth-order valence-electron chi connectivity index (χ4n) is 7.87. The van der Waals surface area contributed by atoms with E-state index in [1.807, 2.05) is 35.6 Å². The number of furan rings is 1. The van der Waals surface area contributed by atoms with E-state index in [4.69, 9.17) is 14.4 Å². The molecule has 2 aromatic heterocycles. The van der Waals surface area contributed by atoms with E-state index in [-0.39, 0.29) is 0 Å². The minimum absolute atomic E-state index is 0.497. The lowest BCUT2D eigenvalue weighted by Gasteiger charge is -2.24. The summed E-state index contributed by atoms with van der Waals surface area (Å²) in [4.78, 5) is 10.8. The van der Waals surface area contributed by atoms with Crippen molar-refractivity contribution in [2.45, 2.75) is 6.17 Å². The number of rotatable bonds is 4. The highest BCUT2D eigenvalue weighted by Gasteiger charge is 2.25. The quantitative estimate of drug-likeness (QED) is 0.188. The minimum Gasteiger partial charge on any atom is -0.456 e. The van der Waals surface area contributed by atoms with Crippen molar-refractivity contribution in [2.24, 2.45) is 9.98 Å². The molecule has 1 atom stereocenters. The van der Waals surface area contributed by atoms with Crippen LogP contribution in [0.2, 0.25) is 0 Å². The molecule has 1 aliphatic heterocycles. The monoisotopic (exact) mass is 683 g/mol. The second-order valence-electron chi connectivity index (χ2n) is 13.4. The van der Waals surface area contributed by atoms with Crippen molar-refractivity contribution in [1.29, 1.82) is 0 Å². The zero-order valence-electron chi connectivity index (χ0n) is 27.9. The highest BCUT2D eigenvalue weighted by Crippen LogP contribution is 2.40. The van der Waals surface area contributed by atoms with Gasteiger partial charge in [0.25, 0.3) is 0 Å². The van der Waals surface area contributed by atoms with Crippen LogP contribution in [-0.2, 0) is 0 Å². The van der Waals surface area contributed by atoms with E-state index in [1.54, 1.807) is 0 Å². The number of fused-ring (bicyclic) bond motifs is 9. The van der Waals surface area contributed by atoms with Gasteiger partial charge in [-0.05, 0) is 74.6 Å². The van der Waals surface area contributed by atoms with Gasteiger partial charge in [-0.3, -0.25) is 0 Å². The number of amidine groups is 2. The average molecular weight is 684 g/mol. The first-order valence-electron chi connectivity index (χ1n) is 17.5. The Balaban J connectivity index is 1.16. The maximum absolute atomic E-state index is 6.33. The van der Waals surface area contributed by atoms with Crippen LogP contribution in [0.4, 0.5) is 0 Å². The Kier molecular flexibility index (Phi) is 6.45. The summed E-state index contributed by atoms with van der Waals surface area (Å²) >= 11 is 1.82. The van der Waals surface area contributed by atoms with Crippen LogP contribution in [0.1, 0.15) is 22.9 Å². The first-order chi connectivity index (χ1) is 25.7. The zero-order valence-corrected chi connectivity index (χ0v) is 28.7. The van der Waals surface area contributed by atoms with E-state index in [0.29, 0.717) is 0 Å². The van der Waals surface area contributed by atoms with Gasteiger partial charge in [0.05, 0.1) is 0 Å². The van der Waals surface area contributed by atoms with E-state index in [1.165, 1.54) is 47.3 Å². The Labute approximate surface area is 303 Å². The molecular formula is C47H29N3OS. The number of nitrogens with one attached hydrogen (secondary N) is 1. The third-order valence-electron chi connectivity index (χ3n) is 10.3. The van der Waals surface area contributed by atoms with Crippen molar-refractivity contribution in [3.05, 3.63) is 180 Å². The molecule has 52 heavy (non-hydrogen) atoms. The van der Waals surface area contributed by atoms with Gasteiger partial charge in [0.2, 0.25) is 0 Å². The first kappa shape index (κ1) is 29.2. The Morgan fingerprint density at radius 3 is 2.12 bits per heavy atom. The molecule has 0 radical (unpaired) electrons. The van der Waals surface area contributed by atoms with Crippen molar-refractivity contribution in [2.75, 3.05) is 0 Å².